The summed E-state index contributed by atoms with van der Waals surface area (Å²) in [7, 11) is 0. The van der Waals surface area contributed by atoms with Crippen molar-refractivity contribution in [3.8, 4) is 0 Å². The van der Waals surface area contributed by atoms with Gasteiger partial charge in [0.25, 0.3) is 5.91 Å². The largest absolute Gasteiger partial charge is 0.386 e. The first kappa shape index (κ1) is 19.8. The van der Waals surface area contributed by atoms with Gasteiger partial charge in [-0.05, 0) is 43.7 Å². The number of nitrogens with zero attached hydrogens (tertiary/aromatic N) is 2. The fraction of sp³-hybridized carbons (Fsp3) is 0.143. The van der Waals surface area contributed by atoms with Crippen LogP contribution in [0.25, 0.3) is 10.9 Å². The summed E-state index contributed by atoms with van der Waals surface area (Å²) < 4.78 is 0. The van der Waals surface area contributed by atoms with E-state index in [-0.39, 0.29) is 11.8 Å². The van der Waals surface area contributed by atoms with Crippen molar-refractivity contribution in [1.82, 2.24) is 4.98 Å². The Labute approximate surface area is 167 Å². The van der Waals surface area contributed by atoms with Gasteiger partial charge in [0, 0.05) is 18.0 Å². The maximum absolute atomic E-state index is 12.6. The molecule has 8 nitrogen and oxygen atoms in total. The molecular formula is C21H22N6O2. The van der Waals surface area contributed by atoms with E-state index in [9.17, 15) is 9.59 Å². The second-order valence-corrected chi connectivity index (χ2v) is 6.59. The average Bonchev–Trinajstić information content (AvgIpc) is 3.12. The van der Waals surface area contributed by atoms with E-state index in [1.54, 1.807) is 31.2 Å². The minimum absolute atomic E-state index is 0.177. The van der Waals surface area contributed by atoms with Gasteiger partial charge in [0.05, 0.1) is 16.9 Å². The molecule has 0 bridgehead atoms. The molecule has 0 atom stereocenters. The predicted octanol–water partition coefficient (Wildman–Crippen LogP) is 3.48. The predicted molar refractivity (Wildman–Crippen MR) is 117 cm³/mol. The fourth-order valence-corrected chi connectivity index (χ4v) is 2.78. The SMILES string of the molecule is CC(=O)Nc1cccc2cc(C(=O)Nc3ccc(/C(C)=N\N=C(C)N)cc3)[nH]c12. The van der Waals surface area contributed by atoms with Crippen LogP contribution in [-0.4, -0.2) is 28.3 Å². The number of nitrogens with two attached hydrogens (primary N) is 1. The van der Waals surface area contributed by atoms with Crippen molar-refractivity contribution >= 4 is 45.6 Å². The summed E-state index contributed by atoms with van der Waals surface area (Å²) in [6.07, 6.45) is 0. The number of benzene rings is 2. The summed E-state index contributed by atoms with van der Waals surface area (Å²) >= 11 is 0. The fourth-order valence-electron chi connectivity index (χ4n) is 2.78. The molecule has 0 aliphatic heterocycles. The van der Waals surface area contributed by atoms with Crippen molar-refractivity contribution < 1.29 is 9.59 Å². The maximum Gasteiger partial charge on any atom is 0.272 e. The van der Waals surface area contributed by atoms with E-state index in [4.69, 9.17) is 5.73 Å². The van der Waals surface area contributed by atoms with Crippen LogP contribution in [0.5, 0.6) is 0 Å². The topological polar surface area (TPSA) is 125 Å². The van der Waals surface area contributed by atoms with E-state index < -0.39 is 0 Å². The number of nitrogens with one attached hydrogen (secondary N) is 3. The first-order valence-electron chi connectivity index (χ1n) is 8.99. The number of amidine groups is 1. The third-order valence-corrected chi connectivity index (χ3v) is 4.13. The quantitative estimate of drug-likeness (QED) is 0.303. The van der Waals surface area contributed by atoms with Crippen LogP contribution in [0.2, 0.25) is 0 Å². The Morgan fingerprint density at radius 1 is 0.966 bits per heavy atom. The molecule has 0 aliphatic rings. The van der Waals surface area contributed by atoms with Gasteiger partial charge in [-0.2, -0.15) is 5.10 Å². The van der Waals surface area contributed by atoms with Crippen LogP contribution in [0.3, 0.4) is 0 Å². The lowest BCUT2D eigenvalue weighted by Gasteiger charge is -2.05. The summed E-state index contributed by atoms with van der Waals surface area (Å²) in [5.74, 6) is -0.0750. The zero-order chi connectivity index (χ0) is 21.0. The van der Waals surface area contributed by atoms with Gasteiger partial charge in [-0.25, -0.2) is 0 Å². The number of aromatic amines is 1. The van der Waals surface area contributed by atoms with E-state index in [2.05, 4.69) is 25.8 Å². The molecule has 2 amide bonds. The molecule has 148 valence electrons. The van der Waals surface area contributed by atoms with Crippen LogP contribution < -0.4 is 16.4 Å². The number of fused-ring (bicyclic) bond motifs is 1. The molecule has 2 aromatic carbocycles. The zero-order valence-electron chi connectivity index (χ0n) is 16.4. The Kier molecular flexibility index (Phi) is 5.73. The highest BCUT2D eigenvalue weighted by atomic mass is 16.2. The molecule has 0 aliphatic carbocycles. The van der Waals surface area contributed by atoms with Gasteiger partial charge in [-0.1, -0.05) is 24.3 Å². The molecule has 0 saturated heterocycles. The highest BCUT2D eigenvalue weighted by molar-refractivity contribution is 6.08. The van der Waals surface area contributed by atoms with E-state index in [0.717, 1.165) is 10.9 Å². The third-order valence-electron chi connectivity index (χ3n) is 4.13. The second kappa shape index (κ2) is 8.39. The number of anilines is 2. The molecule has 0 spiro atoms. The van der Waals surface area contributed by atoms with Gasteiger partial charge in [-0.3, -0.25) is 9.59 Å². The lowest BCUT2D eigenvalue weighted by atomic mass is 10.1. The summed E-state index contributed by atoms with van der Waals surface area (Å²) in [6, 6.07) is 14.5. The van der Waals surface area contributed by atoms with Crippen molar-refractivity contribution in [3.05, 3.63) is 59.8 Å². The number of hydrogen-bond donors (Lipinski definition) is 4. The van der Waals surface area contributed by atoms with Gasteiger partial charge < -0.3 is 21.4 Å². The molecule has 0 unspecified atom stereocenters. The van der Waals surface area contributed by atoms with Crippen molar-refractivity contribution in [1.29, 1.82) is 0 Å². The molecule has 1 heterocycles. The monoisotopic (exact) mass is 390 g/mol. The molecule has 29 heavy (non-hydrogen) atoms. The van der Waals surface area contributed by atoms with Gasteiger partial charge >= 0.3 is 0 Å². The second-order valence-electron chi connectivity index (χ2n) is 6.59. The first-order valence-corrected chi connectivity index (χ1v) is 8.99. The summed E-state index contributed by atoms with van der Waals surface area (Å²) in [5.41, 5.74) is 9.44. The maximum atomic E-state index is 12.6. The van der Waals surface area contributed by atoms with Gasteiger partial charge in [0.15, 0.2) is 0 Å². The Hall–Kier alpha value is -3.94. The number of rotatable bonds is 5. The van der Waals surface area contributed by atoms with E-state index >= 15 is 0 Å². The van der Waals surface area contributed by atoms with E-state index in [1.165, 1.54) is 6.92 Å². The molecule has 5 N–H and O–H groups in total. The molecule has 3 rings (SSSR count). The van der Waals surface area contributed by atoms with Gasteiger partial charge in [0.2, 0.25) is 5.91 Å². The van der Waals surface area contributed by atoms with Crippen LogP contribution >= 0.6 is 0 Å². The first-order chi connectivity index (χ1) is 13.8. The third kappa shape index (κ3) is 4.86. The molecular weight excluding hydrogens is 368 g/mol. The highest BCUT2D eigenvalue weighted by Crippen LogP contribution is 2.24. The number of amides is 2. The van der Waals surface area contributed by atoms with Crippen LogP contribution in [0.4, 0.5) is 11.4 Å². The van der Waals surface area contributed by atoms with Crippen molar-refractivity contribution in [3.63, 3.8) is 0 Å². The molecule has 0 saturated carbocycles. The lowest BCUT2D eigenvalue weighted by molar-refractivity contribution is -0.114. The lowest BCUT2D eigenvalue weighted by Crippen LogP contribution is -2.12. The number of carbonyl (C=O) groups is 2. The Bertz CT molecular complexity index is 1120. The number of H-pyrrole nitrogens is 1. The minimum Gasteiger partial charge on any atom is -0.386 e. The van der Waals surface area contributed by atoms with E-state index in [1.807, 2.05) is 31.2 Å². The smallest absolute Gasteiger partial charge is 0.272 e. The molecule has 8 heteroatoms. The van der Waals surface area contributed by atoms with Crippen LogP contribution in [-0.2, 0) is 4.79 Å². The molecule has 1 aromatic heterocycles. The van der Waals surface area contributed by atoms with Crippen molar-refractivity contribution in [2.45, 2.75) is 20.8 Å². The van der Waals surface area contributed by atoms with E-state index in [0.29, 0.717) is 34.1 Å². The summed E-state index contributed by atoms with van der Waals surface area (Å²) in [5, 5.41) is 14.3. The summed E-state index contributed by atoms with van der Waals surface area (Å²) in [6.45, 7) is 4.94. The van der Waals surface area contributed by atoms with Crippen LogP contribution in [0, 0.1) is 0 Å². The standard InChI is InChI=1S/C21H22N6O2/c1-12(26-27-13(2)22)15-7-9-17(10-8-15)24-21(29)19-11-16-5-4-6-18(20(16)25-19)23-14(3)28/h4-11,25H,1-3H3,(H2,22,27)(H,23,28)(H,24,29)/b26-12-. The van der Waals surface area contributed by atoms with Crippen molar-refractivity contribution in [2.24, 2.45) is 15.9 Å². The Morgan fingerprint density at radius 2 is 1.69 bits per heavy atom. The van der Waals surface area contributed by atoms with Crippen LogP contribution in [0.15, 0.2) is 58.7 Å². The minimum atomic E-state index is -0.281. The molecule has 0 radical (unpaired) electrons. The number of carbonyl (C=O) groups excluding carboxylic acids is 2. The van der Waals surface area contributed by atoms with Crippen molar-refractivity contribution in [2.75, 3.05) is 10.6 Å². The molecule has 0 fully saturated rings. The number of para-hydroxylation sites is 1. The molecule has 3 aromatic rings. The number of aromatic nitrogens is 1. The summed E-state index contributed by atoms with van der Waals surface area (Å²) in [4.78, 5) is 27.1. The average molecular weight is 390 g/mol. The van der Waals surface area contributed by atoms with Gasteiger partial charge in [0.1, 0.15) is 11.5 Å². The van der Waals surface area contributed by atoms with Gasteiger partial charge in [-0.15, -0.1) is 5.10 Å². The van der Waals surface area contributed by atoms with Crippen LogP contribution in [0.1, 0.15) is 36.8 Å². The Morgan fingerprint density at radius 3 is 2.34 bits per heavy atom. The normalized spacial score (nSPS) is 12.1. The highest BCUT2D eigenvalue weighted by Gasteiger charge is 2.12. The zero-order valence-corrected chi connectivity index (χ0v) is 16.4. The Balaban J connectivity index is 1.77. The number of hydrogen-bond acceptors (Lipinski definition) is 4.